The predicted octanol–water partition coefficient (Wildman–Crippen LogP) is 3.03. The van der Waals surface area contributed by atoms with Gasteiger partial charge in [-0.25, -0.2) is 0 Å². The molecule has 0 heterocycles. The summed E-state index contributed by atoms with van der Waals surface area (Å²) in [6, 6.07) is 6.43. The molecular formula is C9H12IN. The molecule has 1 nitrogen and oxygen atoms in total. The monoisotopic (exact) mass is 261 g/mol. The van der Waals surface area contributed by atoms with Gasteiger partial charge < -0.3 is 5.32 Å². The minimum absolute atomic E-state index is 0.987. The van der Waals surface area contributed by atoms with Gasteiger partial charge in [0, 0.05) is 15.8 Å². The minimum Gasteiger partial charge on any atom is -0.385 e. The van der Waals surface area contributed by atoms with Crippen molar-refractivity contribution in [3.05, 3.63) is 27.3 Å². The molecule has 0 fully saturated rings. The zero-order valence-corrected chi connectivity index (χ0v) is 8.97. The van der Waals surface area contributed by atoms with E-state index < -0.39 is 0 Å². The van der Waals surface area contributed by atoms with Crippen LogP contribution in [0.5, 0.6) is 0 Å². The fourth-order valence-corrected chi connectivity index (χ4v) is 1.47. The fraction of sp³-hybridized carbons (Fsp3) is 0.333. The molecule has 11 heavy (non-hydrogen) atoms. The number of rotatable bonds is 2. The van der Waals surface area contributed by atoms with Crippen molar-refractivity contribution in [1.82, 2.24) is 0 Å². The Kier molecular flexibility index (Phi) is 3.17. The van der Waals surface area contributed by atoms with Crippen molar-refractivity contribution in [2.75, 3.05) is 11.9 Å². The van der Waals surface area contributed by atoms with Gasteiger partial charge in [-0.2, -0.15) is 0 Å². The van der Waals surface area contributed by atoms with E-state index in [0.717, 1.165) is 6.54 Å². The van der Waals surface area contributed by atoms with E-state index in [1.165, 1.54) is 14.8 Å². The predicted molar refractivity (Wildman–Crippen MR) is 58.1 cm³/mol. The van der Waals surface area contributed by atoms with E-state index in [0.29, 0.717) is 0 Å². The van der Waals surface area contributed by atoms with Crippen LogP contribution in [0.25, 0.3) is 0 Å². The molecule has 0 spiro atoms. The first-order chi connectivity index (χ1) is 5.24. The van der Waals surface area contributed by atoms with Crippen LogP contribution in [0.3, 0.4) is 0 Å². The van der Waals surface area contributed by atoms with E-state index in [2.05, 4.69) is 60.0 Å². The van der Waals surface area contributed by atoms with Crippen molar-refractivity contribution >= 4 is 28.3 Å². The van der Waals surface area contributed by atoms with Gasteiger partial charge in [0.05, 0.1) is 0 Å². The molecule has 0 saturated carbocycles. The van der Waals surface area contributed by atoms with E-state index in [1.54, 1.807) is 0 Å². The van der Waals surface area contributed by atoms with E-state index in [1.807, 2.05) is 0 Å². The molecule has 0 radical (unpaired) electrons. The molecular weight excluding hydrogens is 249 g/mol. The van der Waals surface area contributed by atoms with Crippen molar-refractivity contribution in [3.63, 3.8) is 0 Å². The molecule has 0 saturated heterocycles. The molecule has 0 aromatic heterocycles. The van der Waals surface area contributed by atoms with Gasteiger partial charge in [-0.1, -0.05) is 6.07 Å². The summed E-state index contributed by atoms with van der Waals surface area (Å²) < 4.78 is 1.28. The second-order valence-corrected chi connectivity index (χ2v) is 3.74. The zero-order chi connectivity index (χ0) is 8.27. The summed E-state index contributed by atoms with van der Waals surface area (Å²) >= 11 is 2.32. The van der Waals surface area contributed by atoms with Gasteiger partial charge >= 0.3 is 0 Å². The smallest absolute Gasteiger partial charge is 0.0380 e. The normalized spacial score (nSPS) is 9.73. The highest BCUT2D eigenvalue weighted by Crippen LogP contribution is 2.17. The summed E-state index contributed by atoms with van der Waals surface area (Å²) in [7, 11) is 0. The van der Waals surface area contributed by atoms with Gasteiger partial charge in [-0.3, -0.25) is 0 Å². The van der Waals surface area contributed by atoms with Crippen LogP contribution in [0, 0.1) is 10.5 Å². The molecule has 60 valence electrons. The average molecular weight is 261 g/mol. The van der Waals surface area contributed by atoms with E-state index in [9.17, 15) is 0 Å². The second-order valence-electron chi connectivity index (χ2n) is 2.49. The topological polar surface area (TPSA) is 12.0 Å². The Hall–Kier alpha value is -0.250. The zero-order valence-electron chi connectivity index (χ0n) is 6.82. The minimum atomic E-state index is 0.987. The maximum absolute atomic E-state index is 3.31. The first kappa shape index (κ1) is 8.84. The quantitative estimate of drug-likeness (QED) is 0.807. The Bertz CT molecular complexity index is 245. The lowest BCUT2D eigenvalue weighted by Gasteiger charge is -2.06. The van der Waals surface area contributed by atoms with Crippen molar-refractivity contribution in [2.24, 2.45) is 0 Å². The first-order valence-electron chi connectivity index (χ1n) is 3.74. The molecule has 1 aromatic rings. The van der Waals surface area contributed by atoms with Gasteiger partial charge in [0.25, 0.3) is 0 Å². The molecule has 0 amide bonds. The fourth-order valence-electron chi connectivity index (χ4n) is 0.975. The van der Waals surface area contributed by atoms with Gasteiger partial charge in [-0.05, 0) is 54.1 Å². The summed E-state index contributed by atoms with van der Waals surface area (Å²) in [5.41, 5.74) is 2.56. The van der Waals surface area contributed by atoms with Gasteiger partial charge in [-0.15, -0.1) is 0 Å². The number of aryl methyl sites for hydroxylation is 1. The molecule has 0 aliphatic carbocycles. The standard InChI is InChI=1S/C9H12IN/c1-3-11-9-6-8(10)5-4-7(9)2/h4-6,11H,3H2,1-2H3. The van der Waals surface area contributed by atoms with Crippen LogP contribution in [-0.2, 0) is 0 Å². The number of halogens is 1. The number of benzene rings is 1. The molecule has 0 aliphatic rings. The summed E-state index contributed by atoms with van der Waals surface area (Å²) in [5.74, 6) is 0. The lowest BCUT2D eigenvalue weighted by atomic mass is 10.2. The molecule has 1 aromatic carbocycles. The molecule has 0 aliphatic heterocycles. The van der Waals surface area contributed by atoms with Gasteiger partial charge in [0.15, 0.2) is 0 Å². The number of anilines is 1. The highest BCUT2D eigenvalue weighted by atomic mass is 127. The summed E-state index contributed by atoms with van der Waals surface area (Å²) in [6.07, 6.45) is 0. The van der Waals surface area contributed by atoms with E-state index >= 15 is 0 Å². The number of hydrogen-bond acceptors (Lipinski definition) is 1. The lowest BCUT2D eigenvalue weighted by molar-refractivity contribution is 1.20. The van der Waals surface area contributed by atoms with E-state index in [-0.39, 0.29) is 0 Å². The second kappa shape index (κ2) is 3.95. The van der Waals surface area contributed by atoms with Crippen molar-refractivity contribution < 1.29 is 0 Å². The van der Waals surface area contributed by atoms with Crippen LogP contribution in [0.4, 0.5) is 5.69 Å². The largest absolute Gasteiger partial charge is 0.385 e. The van der Waals surface area contributed by atoms with Gasteiger partial charge in [0.1, 0.15) is 0 Å². The third-order valence-corrected chi connectivity index (χ3v) is 2.24. The van der Waals surface area contributed by atoms with Crippen LogP contribution in [0.1, 0.15) is 12.5 Å². The molecule has 1 N–H and O–H groups in total. The maximum atomic E-state index is 3.31. The molecule has 1 rings (SSSR count). The van der Waals surface area contributed by atoms with E-state index in [4.69, 9.17) is 0 Å². The van der Waals surface area contributed by atoms with Crippen LogP contribution < -0.4 is 5.32 Å². The van der Waals surface area contributed by atoms with Crippen LogP contribution in [-0.4, -0.2) is 6.54 Å². The molecule has 0 unspecified atom stereocenters. The van der Waals surface area contributed by atoms with Crippen LogP contribution in [0.2, 0.25) is 0 Å². The van der Waals surface area contributed by atoms with Gasteiger partial charge in [0.2, 0.25) is 0 Å². The SMILES string of the molecule is CCNc1cc(I)ccc1C. The number of hydrogen-bond donors (Lipinski definition) is 1. The average Bonchev–Trinajstić information content (AvgIpc) is 1.98. The van der Waals surface area contributed by atoms with Crippen LogP contribution >= 0.6 is 22.6 Å². The highest BCUT2D eigenvalue weighted by molar-refractivity contribution is 14.1. The van der Waals surface area contributed by atoms with Crippen molar-refractivity contribution in [2.45, 2.75) is 13.8 Å². The first-order valence-corrected chi connectivity index (χ1v) is 4.82. The summed E-state index contributed by atoms with van der Waals surface area (Å²) in [5, 5.41) is 3.31. The Morgan fingerprint density at radius 2 is 2.18 bits per heavy atom. The summed E-state index contributed by atoms with van der Waals surface area (Å²) in [4.78, 5) is 0. The molecule has 0 atom stereocenters. The highest BCUT2D eigenvalue weighted by Gasteiger charge is 1.95. The molecule has 2 heteroatoms. The summed E-state index contributed by atoms with van der Waals surface area (Å²) in [6.45, 7) is 5.22. The third kappa shape index (κ3) is 2.36. The Labute approximate surface area is 81.3 Å². The third-order valence-electron chi connectivity index (χ3n) is 1.57. The van der Waals surface area contributed by atoms with Crippen LogP contribution in [0.15, 0.2) is 18.2 Å². The van der Waals surface area contributed by atoms with Crippen molar-refractivity contribution in [3.8, 4) is 0 Å². The lowest BCUT2D eigenvalue weighted by Crippen LogP contribution is -1.98. The molecule has 0 bridgehead atoms. The maximum Gasteiger partial charge on any atom is 0.0380 e. The Morgan fingerprint density at radius 1 is 1.45 bits per heavy atom. The Morgan fingerprint density at radius 3 is 2.82 bits per heavy atom. The number of nitrogens with one attached hydrogen (secondary N) is 1. The Balaban J connectivity index is 2.93. The van der Waals surface area contributed by atoms with Crippen molar-refractivity contribution in [1.29, 1.82) is 0 Å².